The summed E-state index contributed by atoms with van der Waals surface area (Å²) in [4.78, 5) is 0. The summed E-state index contributed by atoms with van der Waals surface area (Å²) in [6.45, 7) is 0.681. The Balaban J connectivity index is -0.000000333. The van der Waals surface area contributed by atoms with Crippen molar-refractivity contribution in [3.63, 3.8) is 0 Å². The highest BCUT2D eigenvalue weighted by atomic mass is 35.5. The summed E-state index contributed by atoms with van der Waals surface area (Å²) in [5.74, 6) is 0. The molecule has 0 radical (unpaired) electrons. The summed E-state index contributed by atoms with van der Waals surface area (Å²) in [5.41, 5.74) is 6.57. The fourth-order valence-corrected chi connectivity index (χ4v) is 1.07. The van der Waals surface area contributed by atoms with Crippen molar-refractivity contribution >= 4 is 36.4 Å². The summed E-state index contributed by atoms with van der Waals surface area (Å²) in [5, 5.41) is 0.783. The first-order valence-corrected chi connectivity index (χ1v) is 3.65. The van der Waals surface area contributed by atoms with Crippen molar-refractivity contribution in [2.75, 3.05) is 6.54 Å². The maximum atomic E-state index is 5.74. The fourth-order valence-electron chi connectivity index (χ4n) is 0.859. The molecular formula is C8H14Cl3NO. The highest BCUT2D eigenvalue weighted by molar-refractivity contribution is 6.30. The van der Waals surface area contributed by atoms with E-state index in [9.17, 15) is 0 Å². The van der Waals surface area contributed by atoms with Crippen LogP contribution in [0.15, 0.2) is 24.3 Å². The standard InChI is InChI=1S/C8H10ClN.2ClH.H2O/c9-8-3-1-2-7(6-8)4-5-10;;;/h1-3,6H,4-5,10H2;2*1H;1H2. The molecule has 0 saturated heterocycles. The number of nitrogens with two attached hydrogens (primary N) is 1. The zero-order chi connectivity index (χ0) is 7.40. The average molecular weight is 247 g/mol. The van der Waals surface area contributed by atoms with E-state index in [0.29, 0.717) is 6.54 Å². The van der Waals surface area contributed by atoms with Gasteiger partial charge in [0, 0.05) is 5.02 Å². The molecule has 78 valence electrons. The van der Waals surface area contributed by atoms with E-state index in [-0.39, 0.29) is 30.3 Å². The van der Waals surface area contributed by atoms with Crippen molar-refractivity contribution in [2.45, 2.75) is 6.42 Å². The molecule has 0 fully saturated rings. The van der Waals surface area contributed by atoms with Crippen molar-refractivity contribution in [1.82, 2.24) is 0 Å². The molecule has 13 heavy (non-hydrogen) atoms. The molecule has 0 spiro atoms. The topological polar surface area (TPSA) is 57.5 Å². The monoisotopic (exact) mass is 245 g/mol. The Morgan fingerprint density at radius 1 is 1.23 bits per heavy atom. The van der Waals surface area contributed by atoms with Crippen LogP contribution in [0.3, 0.4) is 0 Å². The van der Waals surface area contributed by atoms with Gasteiger partial charge in [-0.25, -0.2) is 0 Å². The third-order valence-corrected chi connectivity index (χ3v) is 1.56. The van der Waals surface area contributed by atoms with Gasteiger partial charge in [-0.15, -0.1) is 24.8 Å². The molecule has 0 saturated carbocycles. The van der Waals surface area contributed by atoms with Gasteiger partial charge in [-0.1, -0.05) is 23.7 Å². The molecule has 5 heteroatoms. The Bertz CT molecular complexity index is 220. The van der Waals surface area contributed by atoms with Gasteiger partial charge in [-0.2, -0.15) is 0 Å². The maximum absolute atomic E-state index is 5.74. The van der Waals surface area contributed by atoms with E-state index in [1.165, 1.54) is 5.56 Å². The van der Waals surface area contributed by atoms with Crippen LogP contribution in [0, 0.1) is 0 Å². The molecule has 1 aromatic carbocycles. The summed E-state index contributed by atoms with van der Waals surface area (Å²) < 4.78 is 0. The van der Waals surface area contributed by atoms with E-state index in [1.807, 2.05) is 24.3 Å². The van der Waals surface area contributed by atoms with Crippen molar-refractivity contribution < 1.29 is 5.48 Å². The molecule has 0 bridgehead atoms. The molecule has 0 aromatic heterocycles. The lowest BCUT2D eigenvalue weighted by Gasteiger charge is -1.96. The Labute approximate surface area is 95.6 Å². The second kappa shape index (κ2) is 10.1. The molecule has 0 unspecified atom stereocenters. The molecule has 0 heterocycles. The normalized spacial score (nSPS) is 7.54. The molecular weight excluding hydrogens is 232 g/mol. The van der Waals surface area contributed by atoms with Crippen LogP contribution in [0.1, 0.15) is 5.56 Å². The van der Waals surface area contributed by atoms with Gasteiger partial charge in [-0.05, 0) is 30.7 Å². The number of rotatable bonds is 2. The minimum atomic E-state index is 0. The molecule has 0 aliphatic heterocycles. The quantitative estimate of drug-likeness (QED) is 0.851. The summed E-state index contributed by atoms with van der Waals surface area (Å²) >= 11 is 5.74. The number of hydrogen-bond donors (Lipinski definition) is 1. The number of halogens is 3. The largest absolute Gasteiger partial charge is 0.412 e. The first-order chi connectivity index (χ1) is 4.83. The van der Waals surface area contributed by atoms with E-state index < -0.39 is 0 Å². The van der Waals surface area contributed by atoms with Crippen molar-refractivity contribution in [3.8, 4) is 0 Å². The van der Waals surface area contributed by atoms with E-state index in [1.54, 1.807) is 0 Å². The highest BCUT2D eigenvalue weighted by Gasteiger charge is 1.90. The van der Waals surface area contributed by atoms with Crippen LogP contribution in [0.25, 0.3) is 0 Å². The lowest BCUT2D eigenvalue weighted by molar-refractivity contribution is 0.824. The Kier molecular flexibility index (Phi) is 14.5. The van der Waals surface area contributed by atoms with Gasteiger partial charge >= 0.3 is 0 Å². The fraction of sp³-hybridized carbons (Fsp3) is 0.250. The van der Waals surface area contributed by atoms with E-state index in [4.69, 9.17) is 17.3 Å². The summed E-state index contributed by atoms with van der Waals surface area (Å²) in [6, 6.07) is 7.77. The predicted octanol–water partition coefficient (Wildman–Crippen LogP) is 1.86. The van der Waals surface area contributed by atoms with Crippen LogP contribution in [0.5, 0.6) is 0 Å². The average Bonchev–Trinajstić information content (AvgIpc) is 1.88. The molecule has 0 aliphatic carbocycles. The Hall–Kier alpha value is 0.01000. The van der Waals surface area contributed by atoms with Crippen molar-refractivity contribution in [1.29, 1.82) is 0 Å². The van der Waals surface area contributed by atoms with E-state index in [0.717, 1.165) is 11.4 Å². The van der Waals surface area contributed by atoms with Gasteiger partial charge in [-0.3, -0.25) is 0 Å². The Morgan fingerprint density at radius 2 is 1.85 bits per heavy atom. The molecule has 4 N–H and O–H groups in total. The molecule has 1 aromatic rings. The van der Waals surface area contributed by atoms with E-state index in [2.05, 4.69) is 0 Å². The van der Waals surface area contributed by atoms with Crippen LogP contribution >= 0.6 is 36.4 Å². The van der Waals surface area contributed by atoms with Crippen molar-refractivity contribution in [2.24, 2.45) is 5.73 Å². The van der Waals surface area contributed by atoms with E-state index >= 15 is 0 Å². The van der Waals surface area contributed by atoms with Gasteiger partial charge in [0.25, 0.3) is 0 Å². The predicted molar refractivity (Wildman–Crippen MR) is 62.3 cm³/mol. The van der Waals surface area contributed by atoms with Crippen LogP contribution < -0.4 is 5.73 Å². The second-order valence-corrected chi connectivity index (χ2v) is 2.61. The first-order valence-electron chi connectivity index (χ1n) is 3.27. The third-order valence-electron chi connectivity index (χ3n) is 1.32. The zero-order valence-corrected chi connectivity index (χ0v) is 9.38. The summed E-state index contributed by atoms with van der Waals surface area (Å²) in [7, 11) is 0. The summed E-state index contributed by atoms with van der Waals surface area (Å²) in [6.07, 6.45) is 0.903. The molecule has 1 rings (SSSR count). The SMILES string of the molecule is Cl.Cl.NCCc1cccc(Cl)c1.O. The van der Waals surface area contributed by atoms with Crippen LogP contribution in [-0.4, -0.2) is 12.0 Å². The Morgan fingerprint density at radius 3 is 2.31 bits per heavy atom. The third kappa shape index (κ3) is 7.11. The lowest BCUT2D eigenvalue weighted by atomic mass is 10.2. The smallest absolute Gasteiger partial charge is 0.0408 e. The minimum absolute atomic E-state index is 0. The van der Waals surface area contributed by atoms with Crippen LogP contribution in [0.2, 0.25) is 5.02 Å². The van der Waals surface area contributed by atoms with Gasteiger partial charge in [0.05, 0.1) is 0 Å². The zero-order valence-electron chi connectivity index (χ0n) is 7.00. The molecule has 0 atom stereocenters. The van der Waals surface area contributed by atoms with Crippen LogP contribution in [-0.2, 0) is 6.42 Å². The molecule has 2 nitrogen and oxygen atoms in total. The lowest BCUT2D eigenvalue weighted by Crippen LogP contribution is -2.02. The first kappa shape index (κ1) is 18.7. The molecule has 0 amide bonds. The van der Waals surface area contributed by atoms with Gasteiger partial charge < -0.3 is 11.2 Å². The minimum Gasteiger partial charge on any atom is -0.412 e. The van der Waals surface area contributed by atoms with Gasteiger partial charge in [0.15, 0.2) is 0 Å². The van der Waals surface area contributed by atoms with Crippen LogP contribution in [0.4, 0.5) is 0 Å². The molecule has 0 aliphatic rings. The second-order valence-electron chi connectivity index (χ2n) is 2.17. The van der Waals surface area contributed by atoms with Gasteiger partial charge in [0.1, 0.15) is 0 Å². The number of hydrogen-bond acceptors (Lipinski definition) is 1. The maximum Gasteiger partial charge on any atom is 0.0408 e. The van der Waals surface area contributed by atoms with Gasteiger partial charge in [0.2, 0.25) is 0 Å². The van der Waals surface area contributed by atoms with Crippen molar-refractivity contribution in [3.05, 3.63) is 34.9 Å². The highest BCUT2D eigenvalue weighted by Crippen LogP contribution is 2.10. The number of benzene rings is 1.